The molecule has 1 unspecified atom stereocenters. The van der Waals surface area contributed by atoms with Gasteiger partial charge in [-0.3, -0.25) is 4.68 Å². The average molecular weight is 385 g/mol. The molecule has 1 aromatic heterocycles. The number of hydrogen-bond acceptors (Lipinski definition) is 2. The van der Waals surface area contributed by atoms with Crippen LogP contribution in [0.3, 0.4) is 0 Å². The molecule has 1 heterocycles. The van der Waals surface area contributed by atoms with Crippen molar-refractivity contribution in [2.75, 3.05) is 5.32 Å². The van der Waals surface area contributed by atoms with E-state index < -0.39 is 0 Å². The molecule has 100 valence electrons. The van der Waals surface area contributed by atoms with E-state index in [-0.39, 0.29) is 0 Å². The molecule has 0 aliphatic heterocycles. The van der Waals surface area contributed by atoms with Gasteiger partial charge in [-0.15, -0.1) is 0 Å². The highest BCUT2D eigenvalue weighted by Crippen LogP contribution is 2.35. The lowest BCUT2D eigenvalue weighted by atomic mass is 9.93. The molecule has 0 saturated carbocycles. The first-order valence-corrected chi connectivity index (χ1v) is 7.96. The molecule has 0 saturated heterocycles. The molecule has 0 bridgehead atoms. The lowest BCUT2D eigenvalue weighted by Gasteiger charge is -2.25. The van der Waals surface area contributed by atoms with E-state index in [2.05, 4.69) is 60.5 Å². The van der Waals surface area contributed by atoms with Crippen LogP contribution in [0.4, 0.5) is 5.69 Å². The van der Waals surface area contributed by atoms with Gasteiger partial charge < -0.3 is 5.32 Å². The van der Waals surface area contributed by atoms with E-state index in [0.717, 1.165) is 27.5 Å². The lowest BCUT2D eigenvalue weighted by Crippen LogP contribution is -2.18. The maximum absolute atomic E-state index is 4.38. The van der Waals surface area contributed by atoms with E-state index in [1.807, 2.05) is 17.9 Å². The van der Waals surface area contributed by atoms with Crippen molar-refractivity contribution in [1.82, 2.24) is 9.78 Å². The fourth-order valence-corrected chi connectivity index (χ4v) is 3.81. The molecule has 3 rings (SSSR count). The van der Waals surface area contributed by atoms with Crippen LogP contribution in [0.25, 0.3) is 0 Å². The normalized spacial score (nSPS) is 18.2. The molecule has 0 fully saturated rings. The van der Waals surface area contributed by atoms with E-state index in [4.69, 9.17) is 0 Å². The van der Waals surface area contributed by atoms with Gasteiger partial charge in [-0.05, 0) is 53.4 Å². The molecule has 1 atom stereocenters. The van der Waals surface area contributed by atoms with Gasteiger partial charge in [0.2, 0.25) is 0 Å². The van der Waals surface area contributed by atoms with Gasteiger partial charge in [-0.25, -0.2) is 0 Å². The van der Waals surface area contributed by atoms with Crippen LogP contribution in [0.15, 0.2) is 33.3 Å². The van der Waals surface area contributed by atoms with Crippen LogP contribution >= 0.6 is 31.9 Å². The molecule has 3 nitrogen and oxygen atoms in total. The Morgan fingerprint density at radius 2 is 2.21 bits per heavy atom. The molecule has 1 aliphatic rings. The molecule has 1 aliphatic carbocycles. The number of anilines is 1. The van der Waals surface area contributed by atoms with Crippen LogP contribution in [0.2, 0.25) is 0 Å². The Balaban J connectivity index is 1.88. The Morgan fingerprint density at radius 3 is 3.00 bits per heavy atom. The van der Waals surface area contributed by atoms with Gasteiger partial charge in [0.25, 0.3) is 0 Å². The highest BCUT2D eigenvalue weighted by atomic mass is 79.9. The number of nitrogens with one attached hydrogen (secondary N) is 1. The summed E-state index contributed by atoms with van der Waals surface area (Å²) in [6, 6.07) is 6.57. The van der Waals surface area contributed by atoms with E-state index >= 15 is 0 Å². The summed E-state index contributed by atoms with van der Waals surface area (Å²) in [5.74, 6) is 0. The Hall–Kier alpha value is -0.810. The summed E-state index contributed by atoms with van der Waals surface area (Å²) in [4.78, 5) is 0. The second-order valence-electron chi connectivity index (χ2n) is 4.88. The first-order chi connectivity index (χ1) is 9.15. The zero-order valence-corrected chi connectivity index (χ0v) is 13.8. The number of rotatable bonds is 2. The largest absolute Gasteiger partial charge is 0.377 e. The van der Waals surface area contributed by atoms with Crippen molar-refractivity contribution in [2.45, 2.75) is 25.3 Å². The highest BCUT2D eigenvalue weighted by molar-refractivity contribution is 9.11. The minimum atomic E-state index is 0.356. The Labute approximate surface area is 129 Å². The number of halogens is 2. The molecule has 19 heavy (non-hydrogen) atoms. The van der Waals surface area contributed by atoms with Gasteiger partial charge in [0.15, 0.2) is 0 Å². The number of hydrogen-bond donors (Lipinski definition) is 1. The summed E-state index contributed by atoms with van der Waals surface area (Å²) in [6.07, 6.45) is 5.49. The summed E-state index contributed by atoms with van der Waals surface area (Å²) >= 11 is 7.09. The number of fused-ring (bicyclic) bond motifs is 1. The van der Waals surface area contributed by atoms with Gasteiger partial charge in [0.1, 0.15) is 0 Å². The number of nitrogens with zero attached hydrogens (tertiary/aromatic N) is 2. The second kappa shape index (κ2) is 5.29. The second-order valence-corrected chi connectivity index (χ2v) is 6.65. The van der Waals surface area contributed by atoms with Gasteiger partial charge in [0, 0.05) is 32.9 Å². The lowest BCUT2D eigenvalue weighted by molar-refractivity contribution is 0.571. The summed E-state index contributed by atoms with van der Waals surface area (Å²) < 4.78 is 4.16. The molecule has 0 spiro atoms. The molecular formula is C14H15Br2N3. The quantitative estimate of drug-likeness (QED) is 0.829. The molecule has 1 N–H and O–H groups in total. The number of aryl methyl sites for hydroxylation is 1. The van der Waals surface area contributed by atoms with Crippen LogP contribution < -0.4 is 5.32 Å². The zero-order valence-electron chi connectivity index (χ0n) is 10.7. The molecule has 0 amide bonds. The SMILES string of the molecule is Cn1ncc2c1CCCC2Nc1ccc(Br)cc1Br. The Bertz CT molecular complexity index is 607. The topological polar surface area (TPSA) is 29.9 Å². The van der Waals surface area contributed by atoms with Gasteiger partial charge in [0.05, 0.1) is 12.2 Å². The number of benzene rings is 1. The minimum absolute atomic E-state index is 0.356. The fraction of sp³-hybridized carbons (Fsp3) is 0.357. The summed E-state index contributed by atoms with van der Waals surface area (Å²) in [6.45, 7) is 0. The number of aromatic nitrogens is 2. The van der Waals surface area contributed by atoms with E-state index in [1.54, 1.807) is 0 Å². The minimum Gasteiger partial charge on any atom is -0.377 e. The first kappa shape index (κ1) is 13.2. The molecule has 2 aromatic rings. The summed E-state index contributed by atoms with van der Waals surface area (Å²) in [5.41, 5.74) is 3.82. The van der Waals surface area contributed by atoms with Crippen molar-refractivity contribution in [3.63, 3.8) is 0 Å². The maximum atomic E-state index is 4.38. The zero-order chi connectivity index (χ0) is 13.4. The summed E-state index contributed by atoms with van der Waals surface area (Å²) in [7, 11) is 2.02. The average Bonchev–Trinajstić information content (AvgIpc) is 2.76. The van der Waals surface area contributed by atoms with Crippen LogP contribution in [0, 0.1) is 0 Å². The Morgan fingerprint density at radius 1 is 1.37 bits per heavy atom. The molecule has 5 heteroatoms. The van der Waals surface area contributed by atoms with Crippen LogP contribution in [-0.2, 0) is 13.5 Å². The summed E-state index contributed by atoms with van der Waals surface area (Å²) in [5, 5.41) is 8.01. The standard InChI is InChI=1S/C14H15Br2N3/c1-19-14-4-2-3-12(10(14)8-17-19)18-13-6-5-9(15)7-11(13)16/h5-8,12,18H,2-4H2,1H3. The van der Waals surface area contributed by atoms with Crippen molar-refractivity contribution in [1.29, 1.82) is 0 Å². The molecular weight excluding hydrogens is 370 g/mol. The highest BCUT2D eigenvalue weighted by Gasteiger charge is 2.23. The van der Waals surface area contributed by atoms with Crippen LogP contribution in [0.5, 0.6) is 0 Å². The maximum Gasteiger partial charge on any atom is 0.0548 e. The van der Waals surface area contributed by atoms with Crippen molar-refractivity contribution in [3.05, 3.63) is 44.6 Å². The first-order valence-electron chi connectivity index (χ1n) is 6.37. The van der Waals surface area contributed by atoms with Crippen molar-refractivity contribution >= 4 is 37.5 Å². The fourth-order valence-electron chi connectivity index (χ4n) is 2.65. The van der Waals surface area contributed by atoms with Crippen molar-refractivity contribution in [2.24, 2.45) is 7.05 Å². The third-order valence-corrected chi connectivity index (χ3v) is 4.79. The predicted octanol–water partition coefficient (Wildman–Crippen LogP) is 4.43. The van der Waals surface area contributed by atoms with Gasteiger partial charge >= 0.3 is 0 Å². The smallest absolute Gasteiger partial charge is 0.0548 e. The van der Waals surface area contributed by atoms with E-state index in [1.165, 1.54) is 17.7 Å². The van der Waals surface area contributed by atoms with Crippen molar-refractivity contribution in [3.8, 4) is 0 Å². The molecule has 1 aromatic carbocycles. The van der Waals surface area contributed by atoms with Crippen LogP contribution in [-0.4, -0.2) is 9.78 Å². The van der Waals surface area contributed by atoms with Gasteiger partial charge in [-0.1, -0.05) is 15.9 Å². The molecule has 0 radical (unpaired) electrons. The third-order valence-electron chi connectivity index (χ3n) is 3.64. The van der Waals surface area contributed by atoms with Gasteiger partial charge in [-0.2, -0.15) is 5.10 Å². The third kappa shape index (κ3) is 2.58. The van der Waals surface area contributed by atoms with E-state index in [9.17, 15) is 0 Å². The van der Waals surface area contributed by atoms with E-state index in [0.29, 0.717) is 6.04 Å². The van der Waals surface area contributed by atoms with Crippen LogP contribution in [0.1, 0.15) is 30.1 Å². The predicted molar refractivity (Wildman–Crippen MR) is 84.4 cm³/mol. The Kier molecular flexibility index (Phi) is 3.67. The van der Waals surface area contributed by atoms with Crippen molar-refractivity contribution < 1.29 is 0 Å². The monoisotopic (exact) mass is 383 g/mol.